The van der Waals surface area contributed by atoms with Gasteiger partial charge in [-0.3, -0.25) is 4.79 Å². The van der Waals surface area contributed by atoms with Gasteiger partial charge >= 0.3 is 5.97 Å². The van der Waals surface area contributed by atoms with Gasteiger partial charge in [-0.05, 0) is 50.1 Å². The SMILES string of the molecule is Cc1cccc(C)c1NC(=O)[C@@H](C)OC(=O)c1ccc(Cl)cc1O. The van der Waals surface area contributed by atoms with E-state index in [0.29, 0.717) is 10.7 Å². The highest BCUT2D eigenvalue weighted by Crippen LogP contribution is 2.23. The van der Waals surface area contributed by atoms with E-state index in [1.54, 1.807) is 0 Å². The molecule has 5 nitrogen and oxygen atoms in total. The third-order valence-electron chi connectivity index (χ3n) is 3.56. The zero-order valence-electron chi connectivity index (χ0n) is 13.6. The van der Waals surface area contributed by atoms with Crippen molar-refractivity contribution in [1.29, 1.82) is 0 Å². The molecule has 0 unspecified atom stereocenters. The first-order valence-corrected chi connectivity index (χ1v) is 7.74. The molecule has 0 aliphatic heterocycles. The second kappa shape index (κ2) is 7.36. The van der Waals surface area contributed by atoms with Crippen molar-refractivity contribution in [1.82, 2.24) is 0 Å². The van der Waals surface area contributed by atoms with E-state index in [9.17, 15) is 14.7 Å². The van der Waals surface area contributed by atoms with Crippen molar-refractivity contribution in [2.75, 3.05) is 5.32 Å². The smallest absolute Gasteiger partial charge is 0.342 e. The number of halogens is 1. The van der Waals surface area contributed by atoms with Crippen molar-refractivity contribution in [3.8, 4) is 5.75 Å². The quantitative estimate of drug-likeness (QED) is 0.824. The lowest BCUT2D eigenvalue weighted by atomic mass is 10.1. The summed E-state index contributed by atoms with van der Waals surface area (Å²) in [6, 6.07) is 9.69. The number of ether oxygens (including phenoxy) is 1. The minimum Gasteiger partial charge on any atom is -0.507 e. The van der Waals surface area contributed by atoms with Crippen LogP contribution in [-0.4, -0.2) is 23.1 Å². The fourth-order valence-corrected chi connectivity index (χ4v) is 2.36. The number of carbonyl (C=O) groups excluding carboxylic acids is 2. The Labute approximate surface area is 145 Å². The molecule has 0 saturated carbocycles. The van der Waals surface area contributed by atoms with Crippen molar-refractivity contribution in [2.45, 2.75) is 26.9 Å². The molecule has 0 heterocycles. The van der Waals surface area contributed by atoms with Gasteiger partial charge in [-0.25, -0.2) is 4.79 Å². The summed E-state index contributed by atoms with van der Waals surface area (Å²) in [5.41, 5.74) is 2.47. The van der Waals surface area contributed by atoms with Crippen LogP contribution in [-0.2, 0) is 9.53 Å². The number of aryl methyl sites for hydroxylation is 2. The molecule has 0 spiro atoms. The number of esters is 1. The first kappa shape index (κ1) is 17.8. The lowest BCUT2D eigenvalue weighted by Crippen LogP contribution is -2.30. The number of hydrogen-bond acceptors (Lipinski definition) is 4. The summed E-state index contributed by atoms with van der Waals surface area (Å²) in [6.07, 6.45) is -1.02. The van der Waals surface area contributed by atoms with E-state index < -0.39 is 18.0 Å². The van der Waals surface area contributed by atoms with Crippen LogP contribution in [0.4, 0.5) is 5.69 Å². The van der Waals surface area contributed by atoms with Crippen LogP contribution in [0.5, 0.6) is 5.75 Å². The molecule has 2 aromatic rings. The molecule has 2 N–H and O–H groups in total. The summed E-state index contributed by atoms with van der Waals surface area (Å²) >= 11 is 5.72. The van der Waals surface area contributed by atoms with Crippen LogP contribution in [0.15, 0.2) is 36.4 Å². The molecule has 0 saturated heterocycles. The van der Waals surface area contributed by atoms with Crippen molar-refractivity contribution in [2.24, 2.45) is 0 Å². The number of hydrogen-bond donors (Lipinski definition) is 2. The van der Waals surface area contributed by atoms with Gasteiger partial charge in [-0.1, -0.05) is 29.8 Å². The Kier molecular flexibility index (Phi) is 5.46. The van der Waals surface area contributed by atoms with Gasteiger partial charge in [0.15, 0.2) is 6.10 Å². The van der Waals surface area contributed by atoms with Crippen LogP contribution in [0.1, 0.15) is 28.4 Å². The third-order valence-corrected chi connectivity index (χ3v) is 3.80. The first-order valence-electron chi connectivity index (χ1n) is 7.36. The molecule has 6 heteroatoms. The molecule has 1 amide bonds. The molecule has 0 aliphatic rings. The highest BCUT2D eigenvalue weighted by Gasteiger charge is 2.22. The van der Waals surface area contributed by atoms with Gasteiger partial charge in [0, 0.05) is 10.7 Å². The number of amides is 1. The summed E-state index contributed by atoms with van der Waals surface area (Å²) in [4.78, 5) is 24.3. The Hall–Kier alpha value is -2.53. The van der Waals surface area contributed by atoms with E-state index in [1.165, 1.54) is 25.1 Å². The average Bonchev–Trinajstić information content (AvgIpc) is 2.50. The molecular formula is C18H18ClNO4. The van der Waals surface area contributed by atoms with E-state index in [2.05, 4.69) is 5.32 Å². The lowest BCUT2D eigenvalue weighted by molar-refractivity contribution is -0.123. The zero-order valence-corrected chi connectivity index (χ0v) is 14.3. The van der Waals surface area contributed by atoms with Gasteiger partial charge in [0.2, 0.25) is 0 Å². The highest BCUT2D eigenvalue weighted by atomic mass is 35.5. The van der Waals surface area contributed by atoms with Crippen molar-refractivity contribution < 1.29 is 19.4 Å². The third kappa shape index (κ3) is 4.06. The van der Waals surface area contributed by atoms with Gasteiger partial charge in [-0.2, -0.15) is 0 Å². The van der Waals surface area contributed by atoms with E-state index >= 15 is 0 Å². The topological polar surface area (TPSA) is 75.6 Å². The molecule has 0 radical (unpaired) electrons. The number of nitrogens with one attached hydrogen (secondary N) is 1. The van der Waals surface area contributed by atoms with Crippen molar-refractivity contribution in [3.05, 3.63) is 58.1 Å². The standard InChI is InChI=1S/C18H18ClNO4/c1-10-5-4-6-11(2)16(10)20-17(22)12(3)24-18(23)14-8-7-13(19)9-15(14)21/h4-9,12,21H,1-3H3,(H,20,22)/t12-/m1/s1. The number of anilines is 1. The normalized spacial score (nSPS) is 11.7. The van der Waals surface area contributed by atoms with E-state index in [1.807, 2.05) is 32.0 Å². The van der Waals surface area contributed by atoms with Gasteiger partial charge < -0.3 is 15.2 Å². The average molecular weight is 348 g/mol. The zero-order chi connectivity index (χ0) is 17.9. The Bertz CT molecular complexity index is 768. The lowest BCUT2D eigenvalue weighted by Gasteiger charge is -2.16. The van der Waals surface area contributed by atoms with Crippen LogP contribution in [0.2, 0.25) is 5.02 Å². The van der Waals surface area contributed by atoms with Crippen LogP contribution < -0.4 is 5.32 Å². The minimum absolute atomic E-state index is 0.0499. The summed E-state index contributed by atoms with van der Waals surface area (Å²) in [6.45, 7) is 5.23. The second-order valence-corrected chi connectivity index (χ2v) is 5.90. The number of phenolic OH excluding ortho intramolecular Hbond substituents is 1. The van der Waals surface area contributed by atoms with Crippen molar-refractivity contribution >= 4 is 29.2 Å². The molecule has 2 aromatic carbocycles. The predicted octanol–water partition coefficient (Wildman–Crippen LogP) is 3.85. The van der Waals surface area contributed by atoms with Gasteiger partial charge in [-0.15, -0.1) is 0 Å². The molecule has 0 aliphatic carbocycles. The summed E-state index contributed by atoms with van der Waals surface area (Å²) in [5.74, 6) is -1.54. The fourth-order valence-electron chi connectivity index (χ4n) is 2.19. The van der Waals surface area contributed by atoms with Gasteiger partial charge in [0.25, 0.3) is 5.91 Å². The van der Waals surface area contributed by atoms with Crippen molar-refractivity contribution in [3.63, 3.8) is 0 Å². The maximum absolute atomic E-state index is 12.3. The Morgan fingerprint density at radius 2 is 1.79 bits per heavy atom. The molecular weight excluding hydrogens is 330 g/mol. The molecule has 1 atom stereocenters. The first-order chi connectivity index (χ1) is 11.3. The number of carbonyl (C=O) groups is 2. The molecule has 0 bridgehead atoms. The summed E-state index contributed by atoms with van der Waals surface area (Å²) in [7, 11) is 0. The fraction of sp³-hybridized carbons (Fsp3) is 0.222. The molecule has 126 valence electrons. The van der Waals surface area contributed by atoms with Gasteiger partial charge in [0.05, 0.1) is 0 Å². The Morgan fingerprint density at radius 1 is 1.17 bits per heavy atom. The molecule has 0 aromatic heterocycles. The predicted molar refractivity (Wildman–Crippen MR) is 92.5 cm³/mol. The van der Waals surface area contributed by atoms with Gasteiger partial charge in [0.1, 0.15) is 11.3 Å². The largest absolute Gasteiger partial charge is 0.507 e. The number of benzene rings is 2. The van der Waals surface area contributed by atoms with Crippen LogP contribution in [0.3, 0.4) is 0 Å². The summed E-state index contributed by atoms with van der Waals surface area (Å²) in [5, 5.41) is 12.8. The number of phenols is 1. The molecule has 2 rings (SSSR count). The van der Waals surface area contributed by atoms with E-state index in [0.717, 1.165) is 11.1 Å². The monoisotopic (exact) mass is 347 g/mol. The molecule has 0 fully saturated rings. The van der Waals surface area contributed by atoms with E-state index in [4.69, 9.17) is 16.3 Å². The van der Waals surface area contributed by atoms with E-state index in [-0.39, 0.29) is 11.3 Å². The summed E-state index contributed by atoms with van der Waals surface area (Å²) < 4.78 is 5.12. The van der Waals surface area contributed by atoms with Crippen LogP contribution in [0, 0.1) is 13.8 Å². The second-order valence-electron chi connectivity index (χ2n) is 5.47. The number of rotatable bonds is 4. The maximum atomic E-state index is 12.3. The Balaban J connectivity index is 2.07. The Morgan fingerprint density at radius 3 is 2.38 bits per heavy atom. The molecule has 24 heavy (non-hydrogen) atoms. The van der Waals surface area contributed by atoms with Crippen LogP contribution >= 0.6 is 11.6 Å². The maximum Gasteiger partial charge on any atom is 0.342 e. The number of para-hydroxylation sites is 1. The highest BCUT2D eigenvalue weighted by molar-refractivity contribution is 6.30. The van der Waals surface area contributed by atoms with Crippen LogP contribution in [0.25, 0.3) is 0 Å². The number of aromatic hydroxyl groups is 1. The minimum atomic E-state index is -1.02.